The van der Waals surface area contributed by atoms with Gasteiger partial charge in [0.1, 0.15) is 18.1 Å². The van der Waals surface area contributed by atoms with Crippen molar-refractivity contribution in [3.8, 4) is 16.7 Å². The molecule has 1 saturated heterocycles. The molecular weight excluding hydrogens is 482 g/mol. The van der Waals surface area contributed by atoms with Crippen LogP contribution < -0.4 is 14.8 Å². The summed E-state index contributed by atoms with van der Waals surface area (Å²) >= 11 is 7.63. The number of aromatic nitrogens is 1. The quantitative estimate of drug-likeness (QED) is 0.413. The monoisotopic (exact) mass is 509 g/mol. The zero-order valence-corrected chi connectivity index (χ0v) is 21.0. The number of piperidine rings is 1. The minimum Gasteiger partial charge on any atom is -0.492 e. The smallest absolute Gasteiger partial charge is 0.279 e. The Morgan fingerprint density at radius 3 is 2.67 bits per heavy atom. The summed E-state index contributed by atoms with van der Waals surface area (Å²) < 4.78 is 38.1. The molecule has 7 nitrogen and oxygen atoms in total. The van der Waals surface area contributed by atoms with Gasteiger partial charge in [-0.25, -0.2) is 13.4 Å². The molecule has 0 saturated carbocycles. The number of hydrogen-bond donors (Lipinski definition) is 1. The topological polar surface area (TPSA) is 80.8 Å². The van der Waals surface area contributed by atoms with Gasteiger partial charge < -0.3 is 14.8 Å². The molecule has 2 atom stereocenters. The van der Waals surface area contributed by atoms with Crippen molar-refractivity contribution in [2.45, 2.75) is 38.3 Å². The van der Waals surface area contributed by atoms with E-state index in [2.05, 4.69) is 10.3 Å². The van der Waals surface area contributed by atoms with E-state index in [1.807, 2.05) is 49.4 Å². The first-order chi connectivity index (χ1) is 15.8. The maximum absolute atomic E-state index is 11.9. The Kier molecular flexibility index (Phi) is 7.76. The lowest BCUT2D eigenvalue weighted by Gasteiger charge is -2.37. The van der Waals surface area contributed by atoms with E-state index in [4.69, 9.17) is 21.1 Å². The van der Waals surface area contributed by atoms with Crippen molar-refractivity contribution in [3.05, 3.63) is 47.5 Å². The Hall–Kier alpha value is -1.91. The lowest BCUT2D eigenvalue weighted by Crippen LogP contribution is -2.50. The first-order valence-electron chi connectivity index (χ1n) is 11.0. The van der Waals surface area contributed by atoms with Crippen LogP contribution in [0.4, 0.5) is 0 Å². The minimum atomic E-state index is -3.14. The average molecular weight is 510 g/mol. The van der Waals surface area contributed by atoms with Crippen LogP contribution in [-0.4, -0.2) is 55.7 Å². The fraction of sp³-hybridized carbons (Fsp3) is 0.435. The Morgan fingerprint density at radius 2 is 1.97 bits per heavy atom. The van der Waals surface area contributed by atoms with Crippen LogP contribution in [-0.2, 0) is 10.0 Å². The molecule has 1 aliphatic rings. The van der Waals surface area contributed by atoms with Gasteiger partial charge in [0.15, 0.2) is 0 Å². The van der Waals surface area contributed by atoms with Gasteiger partial charge in [-0.3, -0.25) is 0 Å². The van der Waals surface area contributed by atoms with Gasteiger partial charge in [-0.1, -0.05) is 35.9 Å². The van der Waals surface area contributed by atoms with E-state index in [0.717, 1.165) is 35.2 Å². The van der Waals surface area contributed by atoms with E-state index in [1.54, 1.807) is 4.31 Å². The Balaban J connectivity index is 1.22. The summed E-state index contributed by atoms with van der Waals surface area (Å²) in [5.74, 6) is 1.44. The van der Waals surface area contributed by atoms with Crippen molar-refractivity contribution < 1.29 is 17.9 Å². The molecule has 0 spiro atoms. The maximum atomic E-state index is 11.9. The van der Waals surface area contributed by atoms with Crippen LogP contribution in [0.25, 0.3) is 10.2 Å². The summed E-state index contributed by atoms with van der Waals surface area (Å²) in [7, 11) is -3.14. The lowest BCUT2D eigenvalue weighted by molar-refractivity contribution is 0.202. The minimum absolute atomic E-state index is 0.0613. The van der Waals surface area contributed by atoms with Crippen LogP contribution in [0.1, 0.15) is 26.2 Å². The number of sulfonamides is 1. The molecule has 33 heavy (non-hydrogen) atoms. The highest BCUT2D eigenvalue weighted by Gasteiger charge is 2.32. The van der Waals surface area contributed by atoms with Crippen molar-refractivity contribution in [3.63, 3.8) is 0 Å². The molecule has 1 aliphatic heterocycles. The Bertz CT molecular complexity index is 1180. The second-order valence-electron chi connectivity index (χ2n) is 8.10. The molecule has 0 unspecified atom stereocenters. The SMILES string of the molecule is CC[C@@H]1C[C@H](NCCOc2ccc(Oc3nc4cccc(Cl)c4s3)cc2)CCN1S(C)(=O)=O. The largest absolute Gasteiger partial charge is 0.492 e. The van der Waals surface area contributed by atoms with Gasteiger partial charge in [-0.2, -0.15) is 4.31 Å². The number of thiazole rings is 1. The molecule has 0 radical (unpaired) electrons. The van der Waals surface area contributed by atoms with Gasteiger partial charge in [0.25, 0.3) is 5.19 Å². The molecule has 0 bridgehead atoms. The summed E-state index contributed by atoms with van der Waals surface area (Å²) in [4.78, 5) is 4.46. The van der Waals surface area contributed by atoms with Gasteiger partial charge in [-0.05, 0) is 55.7 Å². The number of halogens is 1. The standard InChI is InChI=1S/C23H28ClN3O4S2/c1-3-17-15-16(11-13-27(17)33(2,28)29)25-12-14-30-18-7-9-19(10-8-18)31-23-26-21-6-4-5-20(24)22(21)32-23/h4-10,16-17,25H,3,11-15H2,1-2H3/t16-,17-/m1/s1. The number of benzene rings is 2. The van der Waals surface area contributed by atoms with E-state index in [9.17, 15) is 8.42 Å². The van der Waals surface area contributed by atoms with Crippen molar-refractivity contribution in [1.29, 1.82) is 0 Å². The molecule has 2 aromatic carbocycles. The third-order valence-electron chi connectivity index (χ3n) is 5.74. The summed E-state index contributed by atoms with van der Waals surface area (Å²) in [6.45, 7) is 3.83. The highest BCUT2D eigenvalue weighted by atomic mass is 35.5. The van der Waals surface area contributed by atoms with E-state index in [0.29, 0.717) is 41.7 Å². The molecule has 1 fully saturated rings. The van der Waals surface area contributed by atoms with Gasteiger partial charge in [0.05, 0.1) is 21.5 Å². The highest BCUT2D eigenvalue weighted by Crippen LogP contribution is 2.35. The second-order valence-corrected chi connectivity index (χ2v) is 11.4. The molecule has 3 aromatic rings. The van der Waals surface area contributed by atoms with Gasteiger partial charge >= 0.3 is 0 Å². The number of ether oxygens (including phenoxy) is 2. The number of hydrogen-bond acceptors (Lipinski definition) is 7. The van der Waals surface area contributed by atoms with Crippen LogP contribution in [0.2, 0.25) is 5.02 Å². The molecule has 10 heteroatoms. The number of nitrogens with zero attached hydrogens (tertiary/aromatic N) is 2. The molecule has 1 aromatic heterocycles. The normalized spacial score (nSPS) is 19.6. The van der Waals surface area contributed by atoms with Crippen molar-refractivity contribution in [2.24, 2.45) is 0 Å². The van der Waals surface area contributed by atoms with Gasteiger partial charge in [0, 0.05) is 25.2 Å². The zero-order valence-electron chi connectivity index (χ0n) is 18.7. The highest BCUT2D eigenvalue weighted by molar-refractivity contribution is 7.88. The summed E-state index contributed by atoms with van der Waals surface area (Å²) in [6.07, 6.45) is 3.75. The van der Waals surface area contributed by atoms with E-state index < -0.39 is 10.0 Å². The predicted octanol–water partition coefficient (Wildman–Crippen LogP) is 4.91. The first-order valence-corrected chi connectivity index (χ1v) is 14.0. The fourth-order valence-corrected chi connectivity index (χ4v) is 6.44. The fourth-order valence-electron chi connectivity index (χ4n) is 4.10. The number of nitrogens with one attached hydrogen (secondary N) is 1. The first kappa shape index (κ1) is 24.2. The van der Waals surface area contributed by atoms with Crippen molar-refractivity contribution >= 4 is 43.2 Å². The molecule has 0 aliphatic carbocycles. The van der Waals surface area contributed by atoms with Gasteiger partial charge in [-0.15, -0.1) is 0 Å². The van der Waals surface area contributed by atoms with Crippen LogP contribution in [0, 0.1) is 0 Å². The molecule has 0 amide bonds. The van der Waals surface area contributed by atoms with Crippen LogP contribution in [0.5, 0.6) is 16.7 Å². The average Bonchev–Trinajstić information content (AvgIpc) is 3.21. The summed E-state index contributed by atoms with van der Waals surface area (Å²) in [5.41, 5.74) is 0.821. The van der Waals surface area contributed by atoms with E-state index in [-0.39, 0.29) is 6.04 Å². The molecular formula is C23H28ClN3O4S2. The van der Waals surface area contributed by atoms with Crippen molar-refractivity contribution in [1.82, 2.24) is 14.6 Å². The maximum Gasteiger partial charge on any atom is 0.279 e. The number of fused-ring (bicyclic) bond motifs is 1. The van der Waals surface area contributed by atoms with Crippen LogP contribution in [0.3, 0.4) is 0 Å². The summed E-state index contributed by atoms with van der Waals surface area (Å²) in [6, 6.07) is 13.4. The lowest BCUT2D eigenvalue weighted by atomic mass is 9.98. The van der Waals surface area contributed by atoms with Gasteiger partial charge in [0.2, 0.25) is 10.0 Å². The molecule has 178 valence electrons. The Labute approximate surface area is 203 Å². The Morgan fingerprint density at radius 1 is 1.21 bits per heavy atom. The second kappa shape index (κ2) is 10.6. The van der Waals surface area contributed by atoms with Crippen LogP contribution in [0.15, 0.2) is 42.5 Å². The van der Waals surface area contributed by atoms with Crippen molar-refractivity contribution in [2.75, 3.05) is 26.0 Å². The molecule has 4 rings (SSSR count). The predicted molar refractivity (Wildman–Crippen MR) is 133 cm³/mol. The summed E-state index contributed by atoms with van der Waals surface area (Å²) in [5, 5.41) is 4.72. The molecule has 2 heterocycles. The zero-order chi connectivity index (χ0) is 23.4. The third kappa shape index (κ3) is 6.16. The number of rotatable bonds is 9. The van der Waals surface area contributed by atoms with E-state index in [1.165, 1.54) is 17.6 Å². The van der Waals surface area contributed by atoms with Crippen LogP contribution >= 0.6 is 22.9 Å². The third-order valence-corrected chi connectivity index (χ3v) is 8.48. The molecule has 1 N–H and O–H groups in total. The van der Waals surface area contributed by atoms with E-state index >= 15 is 0 Å².